The number of hydrogen-bond acceptors (Lipinski definition) is 2. The van der Waals surface area contributed by atoms with E-state index in [1.807, 2.05) is 13.8 Å². The minimum absolute atomic E-state index is 0.0939. The molecule has 108 valence electrons. The summed E-state index contributed by atoms with van der Waals surface area (Å²) in [6.07, 6.45) is -2.48. The Balaban J connectivity index is 2.73. The number of nitrogens with one attached hydrogen (secondary N) is 1. The molecule has 1 atom stereocenters. The molecule has 1 aromatic rings. The summed E-state index contributed by atoms with van der Waals surface area (Å²) >= 11 is 0. The standard InChI is InChI=1S/C14H21F3N2/c1-3-10(4-2)12(18)9-19-13-8-6-5-7-11(13)14(15,16)17/h5-8,10,12,19H,3-4,9,18H2,1-2H3. The summed E-state index contributed by atoms with van der Waals surface area (Å²) in [6, 6.07) is 5.33. The van der Waals surface area contributed by atoms with Crippen molar-refractivity contribution in [1.82, 2.24) is 0 Å². The van der Waals surface area contributed by atoms with Gasteiger partial charge in [0.05, 0.1) is 5.56 Å². The van der Waals surface area contributed by atoms with Crippen LogP contribution in [0, 0.1) is 5.92 Å². The van der Waals surface area contributed by atoms with Gasteiger partial charge in [0.1, 0.15) is 0 Å². The third-order valence-corrected chi connectivity index (χ3v) is 3.41. The van der Waals surface area contributed by atoms with Crippen molar-refractivity contribution in [3.8, 4) is 0 Å². The van der Waals surface area contributed by atoms with Gasteiger partial charge in [-0.15, -0.1) is 0 Å². The fourth-order valence-corrected chi connectivity index (χ4v) is 2.17. The van der Waals surface area contributed by atoms with Crippen molar-refractivity contribution in [3.05, 3.63) is 29.8 Å². The van der Waals surface area contributed by atoms with Crippen LogP contribution in [0.15, 0.2) is 24.3 Å². The van der Waals surface area contributed by atoms with Gasteiger partial charge in [-0.2, -0.15) is 13.2 Å². The molecule has 0 aliphatic heterocycles. The zero-order chi connectivity index (χ0) is 14.5. The quantitative estimate of drug-likeness (QED) is 0.826. The molecule has 0 aromatic heterocycles. The van der Waals surface area contributed by atoms with E-state index in [1.54, 1.807) is 6.07 Å². The second-order valence-corrected chi connectivity index (χ2v) is 4.66. The summed E-state index contributed by atoms with van der Waals surface area (Å²) in [5, 5.41) is 2.82. The molecule has 5 heteroatoms. The Morgan fingerprint density at radius 2 is 1.74 bits per heavy atom. The van der Waals surface area contributed by atoms with E-state index in [2.05, 4.69) is 5.32 Å². The maximum Gasteiger partial charge on any atom is 0.418 e. The van der Waals surface area contributed by atoms with E-state index < -0.39 is 11.7 Å². The van der Waals surface area contributed by atoms with E-state index in [9.17, 15) is 13.2 Å². The first-order valence-corrected chi connectivity index (χ1v) is 6.55. The molecule has 0 saturated carbocycles. The minimum Gasteiger partial charge on any atom is -0.383 e. The van der Waals surface area contributed by atoms with Gasteiger partial charge in [0.25, 0.3) is 0 Å². The molecule has 0 fully saturated rings. The highest BCUT2D eigenvalue weighted by molar-refractivity contribution is 5.52. The summed E-state index contributed by atoms with van der Waals surface area (Å²) in [5.41, 5.74) is 5.45. The zero-order valence-electron chi connectivity index (χ0n) is 11.3. The van der Waals surface area contributed by atoms with E-state index >= 15 is 0 Å². The summed E-state index contributed by atoms with van der Waals surface area (Å²) in [6.45, 7) is 4.43. The summed E-state index contributed by atoms with van der Waals surface area (Å²) < 4.78 is 38.4. The van der Waals surface area contributed by atoms with Gasteiger partial charge in [0.15, 0.2) is 0 Å². The first-order chi connectivity index (χ1) is 8.90. The summed E-state index contributed by atoms with van der Waals surface area (Å²) in [5.74, 6) is 0.325. The Kier molecular flexibility index (Phi) is 5.66. The third-order valence-electron chi connectivity index (χ3n) is 3.41. The molecule has 2 nitrogen and oxygen atoms in total. The van der Waals surface area contributed by atoms with Crippen molar-refractivity contribution in [2.75, 3.05) is 11.9 Å². The highest BCUT2D eigenvalue weighted by Gasteiger charge is 2.33. The molecule has 0 bridgehead atoms. The van der Waals surface area contributed by atoms with Gasteiger partial charge in [-0.1, -0.05) is 38.8 Å². The van der Waals surface area contributed by atoms with E-state index in [4.69, 9.17) is 5.73 Å². The molecule has 0 aliphatic carbocycles. The monoisotopic (exact) mass is 274 g/mol. The Bertz CT molecular complexity index is 387. The van der Waals surface area contributed by atoms with Gasteiger partial charge in [-0.25, -0.2) is 0 Å². The van der Waals surface area contributed by atoms with Gasteiger partial charge < -0.3 is 11.1 Å². The lowest BCUT2D eigenvalue weighted by molar-refractivity contribution is -0.136. The van der Waals surface area contributed by atoms with Crippen molar-refractivity contribution in [2.24, 2.45) is 11.7 Å². The second-order valence-electron chi connectivity index (χ2n) is 4.66. The van der Waals surface area contributed by atoms with Crippen molar-refractivity contribution in [1.29, 1.82) is 0 Å². The Labute approximate surface area is 112 Å². The summed E-state index contributed by atoms with van der Waals surface area (Å²) in [7, 11) is 0. The van der Waals surface area contributed by atoms with Crippen molar-refractivity contribution in [3.63, 3.8) is 0 Å². The molecular weight excluding hydrogens is 253 g/mol. The number of benzene rings is 1. The van der Waals surface area contributed by atoms with Crippen LogP contribution in [0.5, 0.6) is 0 Å². The van der Waals surface area contributed by atoms with E-state index in [-0.39, 0.29) is 11.7 Å². The molecule has 0 radical (unpaired) electrons. The number of para-hydroxylation sites is 1. The van der Waals surface area contributed by atoms with E-state index in [0.717, 1.165) is 18.9 Å². The van der Waals surface area contributed by atoms with Crippen LogP contribution in [0.25, 0.3) is 0 Å². The van der Waals surface area contributed by atoms with Crippen molar-refractivity contribution < 1.29 is 13.2 Å². The first-order valence-electron chi connectivity index (χ1n) is 6.55. The minimum atomic E-state index is -4.34. The predicted octanol–water partition coefficient (Wildman–Crippen LogP) is 3.88. The molecule has 0 saturated heterocycles. The molecule has 0 amide bonds. The van der Waals surface area contributed by atoms with Crippen LogP contribution in [-0.4, -0.2) is 12.6 Å². The average molecular weight is 274 g/mol. The van der Waals surface area contributed by atoms with E-state index in [1.165, 1.54) is 12.1 Å². The molecule has 1 rings (SSSR count). The topological polar surface area (TPSA) is 38.0 Å². The number of halogens is 3. The molecular formula is C14H21F3N2. The highest BCUT2D eigenvalue weighted by Crippen LogP contribution is 2.34. The second kappa shape index (κ2) is 6.80. The zero-order valence-corrected chi connectivity index (χ0v) is 11.3. The van der Waals surface area contributed by atoms with Crippen LogP contribution in [0.4, 0.5) is 18.9 Å². The van der Waals surface area contributed by atoms with Gasteiger partial charge in [0, 0.05) is 18.3 Å². The fourth-order valence-electron chi connectivity index (χ4n) is 2.17. The van der Waals surface area contributed by atoms with Crippen molar-refractivity contribution >= 4 is 5.69 Å². The van der Waals surface area contributed by atoms with Gasteiger partial charge >= 0.3 is 6.18 Å². The predicted molar refractivity (Wildman–Crippen MR) is 72.0 cm³/mol. The van der Waals surface area contributed by atoms with Crippen LogP contribution < -0.4 is 11.1 Å². The van der Waals surface area contributed by atoms with Gasteiger partial charge in [-0.3, -0.25) is 0 Å². The first kappa shape index (κ1) is 15.8. The highest BCUT2D eigenvalue weighted by atomic mass is 19.4. The van der Waals surface area contributed by atoms with Gasteiger partial charge in [-0.05, 0) is 18.1 Å². The lowest BCUT2D eigenvalue weighted by Crippen LogP contribution is -2.36. The van der Waals surface area contributed by atoms with Crippen LogP contribution >= 0.6 is 0 Å². The molecule has 1 aromatic carbocycles. The SMILES string of the molecule is CCC(CC)C(N)CNc1ccccc1C(F)(F)F. The number of nitrogens with two attached hydrogens (primary N) is 1. The number of alkyl halides is 3. The average Bonchev–Trinajstić information content (AvgIpc) is 2.37. The molecule has 19 heavy (non-hydrogen) atoms. The fraction of sp³-hybridized carbons (Fsp3) is 0.571. The Morgan fingerprint density at radius 3 is 2.26 bits per heavy atom. The number of rotatable bonds is 6. The lowest BCUT2D eigenvalue weighted by Gasteiger charge is -2.23. The van der Waals surface area contributed by atoms with Crippen LogP contribution in [0.3, 0.4) is 0 Å². The smallest absolute Gasteiger partial charge is 0.383 e. The van der Waals surface area contributed by atoms with E-state index in [0.29, 0.717) is 12.5 Å². The van der Waals surface area contributed by atoms with Gasteiger partial charge in [0.2, 0.25) is 0 Å². The Hall–Kier alpha value is -1.23. The maximum atomic E-state index is 12.8. The molecule has 3 N–H and O–H groups in total. The van der Waals surface area contributed by atoms with Crippen LogP contribution in [-0.2, 0) is 6.18 Å². The van der Waals surface area contributed by atoms with Crippen LogP contribution in [0.2, 0.25) is 0 Å². The summed E-state index contributed by atoms with van der Waals surface area (Å²) in [4.78, 5) is 0. The Morgan fingerprint density at radius 1 is 1.16 bits per heavy atom. The number of hydrogen-bond donors (Lipinski definition) is 2. The lowest BCUT2D eigenvalue weighted by atomic mass is 9.95. The molecule has 0 spiro atoms. The largest absolute Gasteiger partial charge is 0.418 e. The normalized spacial score (nSPS) is 13.6. The number of anilines is 1. The van der Waals surface area contributed by atoms with Crippen molar-refractivity contribution in [2.45, 2.75) is 38.9 Å². The molecule has 0 aliphatic rings. The third kappa shape index (κ3) is 4.42. The van der Waals surface area contributed by atoms with Crippen LogP contribution in [0.1, 0.15) is 32.3 Å². The molecule has 1 unspecified atom stereocenters. The molecule has 0 heterocycles. The maximum absolute atomic E-state index is 12.8.